The van der Waals surface area contributed by atoms with Gasteiger partial charge in [-0.3, -0.25) is 9.59 Å². The fourth-order valence-electron chi connectivity index (χ4n) is 4.45. The van der Waals surface area contributed by atoms with Crippen LogP contribution in [0.25, 0.3) is 0 Å². The van der Waals surface area contributed by atoms with Crippen molar-refractivity contribution in [3.8, 4) is 0 Å². The van der Waals surface area contributed by atoms with Crippen LogP contribution in [0.2, 0.25) is 0 Å². The summed E-state index contributed by atoms with van der Waals surface area (Å²) < 4.78 is 15.6. The maximum absolute atomic E-state index is 13.0. The number of rotatable bonds is 7. The van der Waals surface area contributed by atoms with Crippen LogP contribution < -0.4 is 0 Å². The number of Topliss-reactive ketones (excluding diaryl/α,β-unsaturated/α-hetero) is 1. The molecule has 0 aromatic carbocycles. The molecule has 9 nitrogen and oxygen atoms in total. The number of allylic oxidation sites excluding steroid dienone is 2. The lowest BCUT2D eigenvalue weighted by molar-refractivity contribution is -0.152. The molecule has 172 valence electrons. The van der Waals surface area contributed by atoms with Crippen LogP contribution in [-0.4, -0.2) is 78.1 Å². The van der Waals surface area contributed by atoms with Gasteiger partial charge < -0.3 is 23.8 Å². The molecule has 1 amide bonds. The Labute approximate surface area is 187 Å². The number of piperidine rings is 1. The Morgan fingerprint density at radius 3 is 2.75 bits per heavy atom. The van der Waals surface area contributed by atoms with Gasteiger partial charge in [0.1, 0.15) is 12.4 Å². The van der Waals surface area contributed by atoms with Crippen molar-refractivity contribution in [2.24, 2.45) is 5.92 Å². The van der Waals surface area contributed by atoms with Gasteiger partial charge in [-0.2, -0.15) is 0 Å². The van der Waals surface area contributed by atoms with Gasteiger partial charge in [0, 0.05) is 31.9 Å². The van der Waals surface area contributed by atoms with Crippen LogP contribution in [0, 0.1) is 12.8 Å². The molecular formula is C23H29N3O6. The second-order valence-electron chi connectivity index (χ2n) is 8.41. The molecule has 0 bridgehead atoms. The average Bonchev–Trinajstić information content (AvgIpc) is 3.39. The van der Waals surface area contributed by atoms with E-state index in [1.165, 1.54) is 0 Å². The molecule has 32 heavy (non-hydrogen) atoms. The quantitative estimate of drug-likeness (QED) is 0.586. The van der Waals surface area contributed by atoms with Gasteiger partial charge in [0.25, 0.3) is 0 Å². The summed E-state index contributed by atoms with van der Waals surface area (Å²) in [5.74, 6) is -0.225. The molecule has 1 saturated heterocycles. The Hall–Kier alpha value is -2.94. The first kappa shape index (κ1) is 22.3. The van der Waals surface area contributed by atoms with Gasteiger partial charge in [0.2, 0.25) is 5.91 Å². The summed E-state index contributed by atoms with van der Waals surface area (Å²) in [5.41, 5.74) is 1.57. The van der Waals surface area contributed by atoms with Crippen LogP contribution in [-0.2, 0) is 23.9 Å². The number of fused-ring (bicyclic) bond motifs is 1. The third kappa shape index (κ3) is 4.93. The number of hydrogen-bond donors (Lipinski definition) is 0. The van der Waals surface area contributed by atoms with Crippen LogP contribution in [0.3, 0.4) is 0 Å². The summed E-state index contributed by atoms with van der Waals surface area (Å²) >= 11 is 0. The van der Waals surface area contributed by atoms with Crippen molar-refractivity contribution >= 4 is 17.7 Å². The van der Waals surface area contributed by atoms with Crippen LogP contribution in [0.5, 0.6) is 0 Å². The molecule has 1 fully saturated rings. The molecule has 2 atom stereocenters. The summed E-state index contributed by atoms with van der Waals surface area (Å²) in [4.78, 5) is 41.0. The molecule has 4 rings (SSSR count). The Morgan fingerprint density at radius 1 is 1.28 bits per heavy atom. The number of hydrogen-bond acceptors (Lipinski definition) is 8. The van der Waals surface area contributed by atoms with Crippen molar-refractivity contribution in [2.45, 2.75) is 38.7 Å². The van der Waals surface area contributed by atoms with E-state index in [0.717, 1.165) is 5.57 Å². The first-order valence-electron chi connectivity index (χ1n) is 11.1. The van der Waals surface area contributed by atoms with Crippen LogP contribution in [0.4, 0.5) is 0 Å². The van der Waals surface area contributed by atoms with E-state index in [9.17, 15) is 14.4 Å². The summed E-state index contributed by atoms with van der Waals surface area (Å²) in [5, 5.41) is 3.99. The molecule has 2 aliphatic heterocycles. The molecule has 1 aliphatic carbocycles. The summed E-state index contributed by atoms with van der Waals surface area (Å²) in [6.45, 7) is 5.77. The zero-order chi connectivity index (χ0) is 22.7. The van der Waals surface area contributed by atoms with E-state index in [0.29, 0.717) is 50.5 Å². The molecule has 9 heteroatoms. The minimum Gasteiger partial charge on any atom is -0.464 e. The Kier molecular flexibility index (Phi) is 6.74. The number of ether oxygens (including phenoxy) is 2. The number of likely N-dealkylation sites (tertiary alicyclic amines) is 1. The molecule has 0 radical (unpaired) electrons. The van der Waals surface area contributed by atoms with Crippen LogP contribution >= 0.6 is 0 Å². The van der Waals surface area contributed by atoms with Crippen molar-refractivity contribution < 1.29 is 28.4 Å². The van der Waals surface area contributed by atoms with Gasteiger partial charge >= 0.3 is 5.97 Å². The molecule has 0 saturated carbocycles. The fraction of sp³-hybridized carbons (Fsp3) is 0.565. The Bertz CT molecular complexity index is 928. The number of ketones is 1. The zero-order valence-electron chi connectivity index (χ0n) is 18.5. The first-order chi connectivity index (χ1) is 15.4. The molecular weight excluding hydrogens is 414 g/mol. The molecule has 3 aliphatic rings. The lowest BCUT2D eigenvalue weighted by Gasteiger charge is -2.33. The van der Waals surface area contributed by atoms with E-state index in [1.807, 2.05) is 28.2 Å². The SMILES string of the molecule is CCOC(=O)COC1CCN(C(=O)CN2C=C3C=CC(c4cc(C)on4)C(=O)C3C2)CC1. The predicted octanol–water partition coefficient (Wildman–Crippen LogP) is 1.59. The van der Waals surface area contributed by atoms with Crippen molar-refractivity contribution in [3.63, 3.8) is 0 Å². The zero-order valence-corrected chi connectivity index (χ0v) is 18.5. The second-order valence-corrected chi connectivity index (χ2v) is 8.41. The van der Waals surface area contributed by atoms with Gasteiger partial charge in [-0.05, 0) is 32.3 Å². The van der Waals surface area contributed by atoms with E-state index in [4.69, 9.17) is 14.0 Å². The Morgan fingerprint density at radius 2 is 2.06 bits per heavy atom. The third-order valence-electron chi connectivity index (χ3n) is 6.12. The number of aryl methyl sites for hydroxylation is 1. The topological polar surface area (TPSA) is 102 Å². The predicted molar refractivity (Wildman–Crippen MR) is 113 cm³/mol. The van der Waals surface area contributed by atoms with E-state index in [-0.39, 0.29) is 42.8 Å². The minimum atomic E-state index is -0.404. The first-order valence-corrected chi connectivity index (χ1v) is 11.1. The van der Waals surface area contributed by atoms with Crippen LogP contribution in [0.1, 0.15) is 37.1 Å². The number of carbonyl (C=O) groups is 3. The highest BCUT2D eigenvalue weighted by atomic mass is 16.6. The van der Waals surface area contributed by atoms with E-state index < -0.39 is 5.92 Å². The van der Waals surface area contributed by atoms with Gasteiger partial charge in [0.15, 0.2) is 5.78 Å². The number of nitrogens with zero attached hydrogens (tertiary/aromatic N) is 3. The van der Waals surface area contributed by atoms with Crippen molar-refractivity contribution in [3.05, 3.63) is 41.4 Å². The number of carbonyl (C=O) groups excluding carboxylic acids is 3. The van der Waals surface area contributed by atoms with E-state index >= 15 is 0 Å². The molecule has 0 spiro atoms. The lowest BCUT2D eigenvalue weighted by atomic mass is 9.82. The molecule has 2 unspecified atom stereocenters. The highest BCUT2D eigenvalue weighted by Gasteiger charge is 2.38. The number of esters is 1. The molecule has 1 aromatic rings. The van der Waals surface area contributed by atoms with Crippen LogP contribution in [0.15, 0.2) is 34.5 Å². The van der Waals surface area contributed by atoms with Crippen molar-refractivity contribution in [2.75, 3.05) is 39.4 Å². The summed E-state index contributed by atoms with van der Waals surface area (Å²) in [7, 11) is 0. The standard InChI is InChI=1S/C23H29N3O6/c1-3-30-22(28)14-31-17-6-8-26(9-7-17)21(27)13-25-11-16-4-5-18(23(29)19(16)12-25)20-10-15(2)32-24-20/h4-5,10-11,17-19H,3,6-9,12-14H2,1-2H3. The molecule has 3 heterocycles. The summed E-state index contributed by atoms with van der Waals surface area (Å²) in [6.07, 6.45) is 7.06. The van der Waals surface area contributed by atoms with Crippen molar-refractivity contribution in [1.29, 1.82) is 0 Å². The van der Waals surface area contributed by atoms with E-state index in [1.54, 1.807) is 19.9 Å². The largest absolute Gasteiger partial charge is 0.464 e. The fourth-order valence-corrected chi connectivity index (χ4v) is 4.45. The highest BCUT2D eigenvalue weighted by molar-refractivity contribution is 5.94. The minimum absolute atomic E-state index is 0.0319. The maximum Gasteiger partial charge on any atom is 0.332 e. The Balaban J connectivity index is 1.25. The normalized spacial score (nSPS) is 23.3. The van der Waals surface area contributed by atoms with Gasteiger partial charge in [-0.15, -0.1) is 0 Å². The number of aromatic nitrogens is 1. The average molecular weight is 444 g/mol. The molecule has 1 aromatic heterocycles. The lowest BCUT2D eigenvalue weighted by Crippen LogP contribution is -2.45. The third-order valence-corrected chi connectivity index (χ3v) is 6.12. The summed E-state index contributed by atoms with van der Waals surface area (Å²) in [6, 6.07) is 1.79. The smallest absolute Gasteiger partial charge is 0.332 e. The molecule has 0 N–H and O–H groups in total. The second kappa shape index (κ2) is 9.68. The van der Waals surface area contributed by atoms with Crippen molar-refractivity contribution in [1.82, 2.24) is 15.0 Å². The van der Waals surface area contributed by atoms with Gasteiger partial charge in [0.05, 0.1) is 36.8 Å². The number of amides is 1. The van der Waals surface area contributed by atoms with Gasteiger partial charge in [-0.25, -0.2) is 4.79 Å². The van der Waals surface area contributed by atoms with Gasteiger partial charge in [-0.1, -0.05) is 17.3 Å². The van der Waals surface area contributed by atoms with E-state index in [2.05, 4.69) is 5.16 Å². The maximum atomic E-state index is 13.0. The monoisotopic (exact) mass is 443 g/mol. The highest BCUT2D eigenvalue weighted by Crippen LogP contribution is 2.35.